The SMILES string of the molecule is COCc1nc(OC)cc(N2CCc3c(nc[nH]c3=O)C2)n1. The Morgan fingerprint density at radius 1 is 1.36 bits per heavy atom. The van der Waals surface area contributed by atoms with Crippen molar-refractivity contribution in [1.29, 1.82) is 0 Å². The normalized spacial score (nSPS) is 13.8. The van der Waals surface area contributed by atoms with E-state index < -0.39 is 0 Å². The molecule has 3 rings (SSSR count). The lowest BCUT2D eigenvalue weighted by Crippen LogP contribution is -2.35. The molecule has 1 aliphatic rings. The summed E-state index contributed by atoms with van der Waals surface area (Å²) in [5.41, 5.74) is 1.46. The van der Waals surface area contributed by atoms with E-state index in [9.17, 15) is 4.79 Å². The molecule has 0 unspecified atom stereocenters. The van der Waals surface area contributed by atoms with Crippen molar-refractivity contribution >= 4 is 5.82 Å². The average molecular weight is 303 g/mol. The molecule has 2 aromatic rings. The van der Waals surface area contributed by atoms with E-state index >= 15 is 0 Å². The molecular weight excluding hydrogens is 286 g/mol. The van der Waals surface area contributed by atoms with Crippen LogP contribution in [-0.2, 0) is 24.3 Å². The molecule has 22 heavy (non-hydrogen) atoms. The van der Waals surface area contributed by atoms with Crippen molar-refractivity contribution < 1.29 is 9.47 Å². The Morgan fingerprint density at radius 2 is 2.23 bits per heavy atom. The Morgan fingerprint density at radius 3 is 3.00 bits per heavy atom. The third-order valence-electron chi connectivity index (χ3n) is 3.55. The number of methoxy groups -OCH3 is 2. The van der Waals surface area contributed by atoms with Gasteiger partial charge in [0, 0.05) is 25.3 Å². The molecule has 0 amide bonds. The number of H-pyrrole nitrogens is 1. The Balaban J connectivity index is 1.92. The second kappa shape index (κ2) is 6.10. The van der Waals surface area contributed by atoms with Crippen molar-refractivity contribution in [2.45, 2.75) is 19.6 Å². The lowest BCUT2D eigenvalue weighted by atomic mass is 10.1. The van der Waals surface area contributed by atoms with Gasteiger partial charge in [-0.05, 0) is 6.42 Å². The largest absolute Gasteiger partial charge is 0.481 e. The summed E-state index contributed by atoms with van der Waals surface area (Å²) in [6.07, 6.45) is 2.06. The molecule has 0 spiro atoms. The smallest absolute Gasteiger partial charge is 0.254 e. The van der Waals surface area contributed by atoms with Gasteiger partial charge in [0.25, 0.3) is 5.56 Å². The third kappa shape index (κ3) is 2.77. The van der Waals surface area contributed by atoms with Gasteiger partial charge < -0.3 is 19.4 Å². The second-order valence-electron chi connectivity index (χ2n) is 4.95. The van der Waals surface area contributed by atoms with Crippen LogP contribution in [0.25, 0.3) is 0 Å². The third-order valence-corrected chi connectivity index (χ3v) is 3.55. The van der Waals surface area contributed by atoms with Crippen molar-refractivity contribution in [2.75, 3.05) is 25.7 Å². The number of nitrogens with zero attached hydrogens (tertiary/aromatic N) is 4. The number of hydrogen-bond donors (Lipinski definition) is 1. The highest BCUT2D eigenvalue weighted by Crippen LogP contribution is 2.23. The molecule has 0 saturated heterocycles. The molecule has 0 aromatic carbocycles. The summed E-state index contributed by atoms with van der Waals surface area (Å²) in [7, 11) is 3.16. The number of nitrogens with one attached hydrogen (secondary N) is 1. The molecular formula is C14H17N5O3. The van der Waals surface area contributed by atoms with Crippen LogP contribution in [0.5, 0.6) is 5.88 Å². The molecule has 0 radical (unpaired) electrons. The van der Waals surface area contributed by atoms with Crippen molar-refractivity contribution in [2.24, 2.45) is 0 Å². The summed E-state index contributed by atoms with van der Waals surface area (Å²) >= 11 is 0. The first-order valence-corrected chi connectivity index (χ1v) is 6.92. The van der Waals surface area contributed by atoms with Gasteiger partial charge in [0.1, 0.15) is 12.4 Å². The molecule has 3 heterocycles. The van der Waals surface area contributed by atoms with E-state index in [4.69, 9.17) is 9.47 Å². The standard InChI is InChI=1S/C14H17N5O3/c1-21-7-11-17-12(5-13(18-11)22-2)19-4-3-9-10(6-19)15-8-16-14(9)20/h5,8H,3-4,6-7H2,1-2H3,(H,15,16,20). The van der Waals surface area contributed by atoms with Gasteiger partial charge in [0.2, 0.25) is 5.88 Å². The minimum absolute atomic E-state index is 0.0648. The molecule has 2 aromatic heterocycles. The Bertz CT molecular complexity index is 731. The zero-order valence-corrected chi connectivity index (χ0v) is 12.5. The highest BCUT2D eigenvalue weighted by atomic mass is 16.5. The van der Waals surface area contributed by atoms with Crippen molar-refractivity contribution in [3.05, 3.63) is 39.8 Å². The van der Waals surface area contributed by atoms with E-state index in [1.54, 1.807) is 20.3 Å². The van der Waals surface area contributed by atoms with Crippen LogP contribution in [0.1, 0.15) is 17.1 Å². The van der Waals surface area contributed by atoms with Gasteiger partial charge in [-0.1, -0.05) is 0 Å². The van der Waals surface area contributed by atoms with E-state index in [0.29, 0.717) is 37.8 Å². The molecule has 0 saturated carbocycles. The summed E-state index contributed by atoms with van der Waals surface area (Å²) in [5.74, 6) is 1.79. The van der Waals surface area contributed by atoms with Crippen molar-refractivity contribution in [3.8, 4) is 5.88 Å². The number of aromatic amines is 1. The maximum absolute atomic E-state index is 11.8. The fourth-order valence-electron chi connectivity index (χ4n) is 2.48. The summed E-state index contributed by atoms with van der Waals surface area (Å²) in [4.78, 5) is 29.4. The minimum atomic E-state index is -0.0648. The van der Waals surface area contributed by atoms with E-state index in [1.807, 2.05) is 0 Å². The van der Waals surface area contributed by atoms with Gasteiger partial charge in [0.05, 0.1) is 25.7 Å². The van der Waals surface area contributed by atoms with Crippen LogP contribution < -0.4 is 15.2 Å². The lowest BCUT2D eigenvalue weighted by molar-refractivity contribution is 0.177. The molecule has 8 nitrogen and oxygen atoms in total. The Labute approximate surface area is 127 Å². The van der Waals surface area contributed by atoms with Crippen LogP contribution in [0.4, 0.5) is 5.82 Å². The van der Waals surface area contributed by atoms with Crippen LogP contribution in [0, 0.1) is 0 Å². The number of anilines is 1. The van der Waals surface area contributed by atoms with Crippen LogP contribution >= 0.6 is 0 Å². The van der Waals surface area contributed by atoms with Crippen LogP contribution in [0.3, 0.4) is 0 Å². The fraction of sp³-hybridized carbons (Fsp3) is 0.429. The zero-order chi connectivity index (χ0) is 15.5. The van der Waals surface area contributed by atoms with Gasteiger partial charge in [-0.25, -0.2) is 9.97 Å². The lowest BCUT2D eigenvalue weighted by Gasteiger charge is -2.28. The number of ether oxygens (including phenoxy) is 2. The predicted molar refractivity (Wildman–Crippen MR) is 78.9 cm³/mol. The first-order chi connectivity index (χ1) is 10.7. The van der Waals surface area contributed by atoms with E-state index in [-0.39, 0.29) is 5.56 Å². The maximum atomic E-state index is 11.8. The van der Waals surface area contributed by atoms with E-state index in [1.165, 1.54) is 6.33 Å². The highest BCUT2D eigenvalue weighted by Gasteiger charge is 2.21. The summed E-state index contributed by atoms with van der Waals surface area (Å²) in [5, 5.41) is 0. The quantitative estimate of drug-likeness (QED) is 0.867. The number of rotatable bonds is 4. The summed E-state index contributed by atoms with van der Waals surface area (Å²) < 4.78 is 10.3. The Hall–Kier alpha value is -2.48. The molecule has 1 N–H and O–H groups in total. The number of hydrogen-bond acceptors (Lipinski definition) is 7. The summed E-state index contributed by atoms with van der Waals surface area (Å²) in [6.45, 7) is 1.53. The number of fused-ring (bicyclic) bond motifs is 1. The monoisotopic (exact) mass is 303 g/mol. The van der Waals surface area contributed by atoms with Crippen LogP contribution in [0.15, 0.2) is 17.2 Å². The van der Waals surface area contributed by atoms with E-state index in [2.05, 4.69) is 24.8 Å². The molecule has 116 valence electrons. The van der Waals surface area contributed by atoms with Crippen molar-refractivity contribution in [3.63, 3.8) is 0 Å². The summed E-state index contributed by atoms with van der Waals surface area (Å²) in [6, 6.07) is 1.78. The van der Waals surface area contributed by atoms with E-state index in [0.717, 1.165) is 17.1 Å². The first-order valence-electron chi connectivity index (χ1n) is 6.92. The molecule has 0 bridgehead atoms. The van der Waals surface area contributed by atoms with Gasteiger partial charge in [-0.2, -0.15) is 4.98 Å². The zero-order valence-electron chi connectivity index (χ0n) is 12.5. The topological polar surface area (TPSA) is 93.2 Å². The van der Waals surface area contributed by atoms with Crippen LogP contribution in [0.2, 0.25) is 0 Å². The molecule has 0 aliphatic carbocycles. The fourth-order valence-corrected chi connectivity index (χ4v) is 2.48. The highest BCUT2D eigenvalue weighted by molar-refractivity contribution is 5.44. The average Bonchev–Trinajstić information content (AvgIpc) is 2.55. The van der Waals surface area contributed by atoms with Gasteiger partial charge in [-0.3, -0.25) is 4.79 Å². The molecule has 0 fully saturated rings. The first kappa shape index (κ1) is 14.5. The maximum Gasteiger partial charge on any atom is 0.254 e. The molecule has 8 heteroatoms. The minimum Gasteiger partial charge on any atom is -0.481 e. The van der Waals surface area contributed by atoms with Gasteiger partial charge >= 0.3 is 0 Å². The second-order valence-corrected chi connectivity index (χ2v) is 4.95. The molecule has 1 aliphatic heterocycles. The predicted octanol–water partition coefficient (Wildman–Crippen LogP) is 0.278. The van der Waals surface area contributed by atoms with Gasteiger partial charge in [0.15, 0.2) is 5.82 Å². The van der Waals surface area contributed by atoms with Gasteiger partial charge in [-0.15, -0.1) is 0 Å². The number of aromatic nitrogens is 4. The molecule has 0 atom stereocenters. The van der Waals surface area contributed by atoms with Crippen LogP contribution in [-0.4, -0.2) is 40.7 Å². The Kier molecular flexibility index (Phi) is 4.01. The van der Waals surface area contributed by atoms with Crippen molar-refractivity contribution in [1.82, 2.24) is 19.9 Å².